The molecule has 3 heteroatoms. The number of furan rings is 1. The second-order valence-corrected chi connectivity index (χ2v) is 3.64. The molecule has 0 unspecified atom stereocenters. The van der Waals surface area contributed by atoms with E-state index in [1.807, 2.05) is 6.92 Å². The molecule has 1 fully saturated rings. The van der Waals surface area contributed by atoms with Crippen LogP contribution in [0.3, 0.4) is 0 Å². The van der Waals surface area contributed by atoms with Crippen LogP contribution in [-0.4, -0.2) is 19.0 Å². The zero-order valence-electron chi connectivity index (χ0n) is 8.29. The summed E-state index contributed by atoms with van der Waals surface area (Å²) in [5, 5.41) is 0. The fraction of sp³-hybridized carbons (Fsp3) is 0.545. The van der Waals surface area contributed by atoms with Gasteiger partial charge in [-0.3, -0.25) is 4.79 Å². The second kappa shape index (κ2) is 3.96. The number of rotatable bonds is 2. The van der Waals surface area contributed by atoms with E-state index in [-0.39, 0.29) is 11.7 Å². The van der Waals surface area contributed by atoms with E-state index in [1.165, 1.54) is 0 Å². The molecule has 0 aromatic carbocycles. The number of Topliss-reactive ketones (excluding diaryl/α,β-unsaturated/α-hetero) is 1. The van der Waals surface area contributed by atoms with Crippen molar-refractivity contribution in [3.63, 3.8) is 0 Å². The maximum absolute atomic E-state index is 12.0. The summed E-state index contributed by atoms with van der Waals surface area (Å²) in [6.45, 7) is 3.23. The van der Waals surface area contributed by atoms with Gasteiger partial charge in [-0.15, -0.1) is 0 Å². The fourth-order valence-electron chi connectivity index (χ4n) is 1.82. The van der Waals surface area contributed by atoms with Crippen molar-refractivity contribution in [2.24, 2.45) is 5.92 Å². The summed E-state index contributed by atoms with van der Waals surface area (Å²) in [4.78, 5) is 12.0. The van der Waals surface area contributed by atoms with E-state index in [0.717, 1.165) is 24.2 Å². The summed E-state index contributed by atoms with van der Waals surface area (Å²) < 4.78 is 10.3. The van der Waals surface area contributed by atoms with Gasteiger partial charge in [-0.2, -0.15) is 0 Å². The molecule has 0 atom stereocenters. The van der Waals surface area contributed by atoms with Crippen molar-refractivity contribution in [3.05, 3.63) is 23.7 Å². The van der Waals surface area contributed by atoms with Crippen LogP contribution in [0.5, 0.6) is 0 Å². The average molecular weight is 194 g/mol. The second-order valence-electron chi connectivity index (χ2n) is 3.64. The minimum Gasteiger partial charge on any atom is -0.469 e. The lowest BCUT2D eigenvalue weighted by Gasteiger charge is -2.20. The molecule has 0 aliphatic carbocycles. The average Bonchev–Trinajstić information content (AvgIpc) is 2.65. The Morgan fingerprint density at radius 1 is 1.43 bits per heavy atom. The van der Waals surface area contributed by atoms with Crippen LogP contribution in [0, 0.1) is 12.8 Å². The first-order chi connectivity index (χ1) is 6.79. The van der Waals surface area contributed by atoms with E-state index >= 15 is 0 Å². The molecule has 3 nitrogen and oxygen atoms in total. The van der Waals surface area contributed by atoms with E-state index in [0.29, 0.717) is 13.2 Å². The molecule has 1 aromatic heterocycles. The first-order valence-electron chi connectivity index (χ1n) is 4.95. The quantitative estimate of drug-likeness (QED) is 0.677. The molecule has 0 radical (unpaired) electrons. The number of hydrogen-bond donors (Lipinski definition) is 0. The number of ketones is 1. The Bertz CT molecular complexity index is 321. The lowest BCUT2D eigenvalue weighted by Crippen LogP contribution is -2.23. The predicted octanol–water partition coefficient (Wildman–Crippen LogP) is 2.20. The van der Waals surface area contributed by atoms with Gasteiger partial charge < -0.3 is 9.15 Å². The summed E-state index contributed by atoms with van der Waals surface area (Å²) in [6.07, 6.45) is 3.24. The number of ether oxygens (including phenoxy) is 1. The van der Waals surface area contributed by atoms with Crippen LogP contribution < -0.4 is 0 Å². The third-order valence-electron chi connectivity index (χ3n) is 2.72. The molecule has 2 rings (SSSR count). The van der Waals surface area contributed by atoms with Crippen molar-refractivity contribution in [2.75, 3.05) is 13.2 Å². The van der Waals surface area contributed by atoms with Crippen LogP contribution in [0.1, 0.15) is 29.0 Å². The Kier molecular flexibility index (Phi) is 2.68. The van der Waals surface area contributed by atoms with E-state index in [4.69, 9.17) is 9.15 Å². The molecule has 0 saturated carbocycles. The molecule has 76 valence electrons. The van der Waals surface area contributed by atoms with Crippen molar-refractivity contribution >= 4 is 5.78 Å². The minimum atomic E-state index is 0.125. The normalized spacial score (nSPS) is 18.4. The smallest absolute Gasteiger partial charge is 0.169 e. The molecule has 1 saturated heterocycles. The topological polar surface area (TPSA) is 39.4 Å². The maximum Gasteiger partial charge on any atom is 0.169 e. The number of hydrogen-bond acceptors (Lipinski definition) is 3. The molecule has 0 N–H and O–H groups in total. The van der Waals surface area contributed by atoms with E-state index in [1.54, 1.807) is 12.3 Å². The molecule has 0 spiro atoms. The Morgan fingerprint density at radius 3 is 2.71 bits per heavy atom. The maximum atomic E-state index is 12.0. The number of carbonyl (C=O) groups is 1. The van der Waals surface area contributed by atoms with Crippen LogP contribution in [0.25, 0.3) is 0 Å². The monoisotopic (exact) mass is 194 g/mol. The molecule has 2 heterocycles. The summed E-state index contributed by atoms with van der Waals surface area (Å²) in [6, 6.07) is 1.76. The molecule has 14 heavy (non-hydrogen) atoms. The van der Waals surface area contributed by atoms with Crippen molar-refractivity contribution < 1.29 is 13.9 Å². The van der Waals surface area contributed by atoms with E-state index < -0.39 is 0 Å². The summed E-state index contributed by atoms with van der Waals surface area (Å²) in [5.74, 6) is 1.06. The van der Waals surface area contributed by atoms with Crippen molar-refractivity contribution in [1.82, 2.24) is 0 Å². The highest BCUT2D eigenvalue weighted by Crippen LogP contribution is 2.22. The summed E-state index contributed by atoms with van der Waals surface area (Å²) >= 11 is 0. The molecular weight excluding hydrogens is 180 g/mol. The Hall–Kier alpha value is -1.09. The third-order valence-corrected chi connectivity index (χ3v) is 2.72. The molecule has 1 aromatic rings. The van der Waals surface area contributed by atoms with Crippen molar-refractivity contribution in [2.45, 2.75) is 19.8 Å². The zero-order chi connectivity index (χ0) is 9.97. The predicted molar refractivity (Wildman–Crippen MR) is 51.3 cm³/mol. The molecule has 0 bridgehead atoms. The van der Waals surface area contributed by atoms with Gasteiger partial charge in [0.1, 0.15) is 5.76 Å². The van der Waals surface area contributed by atoms with Crippen molar-refractivity contribution in [1.29, 1.82) is 0 Å². The van der Waals surface area contributed by atoms with Crippen LogP contribution >= 0.6 is 0 Å². The highest BCUT2D eigenvalue weighted by molar-refractivity contribution is 5.98. The molecule has 0 amide bonds. The number of aryl methyl sites for hydroxylation is 1. The molecular formula is C11H14O3. The highest BCUT2D eigenvalue weighted by atomic mass is 16.5. The Labute approximate surface area is 83.0 Å². The third kappa shape index (κ3) is 1.73. The van der Waals surface area contributed by atoms with Crippen LogP contribution in [0.2, 0.25) is 0 Å². The van der Waals surface area contributed by atoms with Crippen molar-refractivity contribution in [3.8, 4) is 0 Å². The van der Waals surface area contributed by atoms with Crippen LogP contribution in [0.4, 0.5) is 0 Å². The van der Waals surface area contributed by atoms with Gasteiger partial charge in [-0.25, -0.2) is 0 Å². The highest BCUT2D eigenvalue weighted by Gasteiger charge is 2.24. The van der Waals surface area contributed by atoms with Gasteiger partial charge in [0.2, 0.25) is 0 Å². The molecule has 1 aliphatic rings. The Balaban J connectivity index is 2.11. The number of carbonyl (C=O) groups excluding carboxylic acids is 1. The zero-order valence-corrected chi connectivity index (χ0v) is 8.29. The standard InChI is InChI=1S/C11H14O3/c1-8-10(4-7-14-8)11(12)9-2-5-13-6-3-9/h4,7,9H,2-3,5-6H2,1H3. The lowest BCUT2D eigenvalue weighted by atomic mass is 9.91. The minimum absolute atomic E-state index is 0.125. The van der Waals surface area contributed by atoms with Gasteiger partial charge in [0, 0.05) is 19.1 Å². The van der Waals surface area contributed by atoms with Gasteiger partial charge in [0.15, 0.2) is 5.78 Å². The Morgan fingerprint density at radius 2 is 2.14 bits per heavy atom. The van der Waals surface area contributed by atoms with E-state index in [9.17, 15) is 4.79 Å². The first-order valence-corrected chi connectivity index (χ1v) is 4.95. The van der Waals surface area contributed by atoms with Gasteiger partial charge in [-0.1, -0.05) is 0 Å². The van der Waals surface area contributed by atoms with Gasteiger partial charge in [0.25, 0.3) is 0 Å². The van der Waals surface area contributed by atoms with E-state index in [2.05, 4.69) is 0 Å². The van der Waals surface area contributed by atoms with Crippen LogP contribution in [0.15, 0.2) is 16.7 Å². The first kappa shape index (κ1) is 9.46. The largest absolute Gasteiger partial charge is 0.469 e. The molecule has 1 aliphatic heterocycles. The summed E-state index contributed by atoms with van der Waals surface area (Å²) in [5.41, 5.74) is 0.733. The summed E-state index contributed by atoms with van der Waals surface area (Å²) in [7, 11) is 0. The fourth-order valence-corrected chi connectivity index (χ4v) is 1.82. The SMILES string of the molecule is Cc1occc1C(=O)C1CCOCC1. The lowest BCUT2D eigenvalue weighted by molar-refractivity contribution is 0.0544. The van der Waals surface area contributed by atoms with Gasteiger partial charge in [0.05, 0.1) is 11.8 Å². The van der Waals surface area contributed by atoms with Gasteiger partial charge >= 0.3 is 0 Å². The van der Waals surface area contributed by atoms with Crippen LogP contribution in [-0.2, 0) is 4.74 Å². The van der Waals surface area contributed by atoms with Gasteiger partial charge in [-0.05, 0) is 25.8 Å².